The van der Waals surface area contributed by atoms with Crippen molar-refractivity contribution in [3.8, 4) is 5.75 Å². The Morgan fingerprint density at radius 2 is 1.96 bits per heavy atom. The minimum Gasteiger partial charge on any atom is -0.508 e. The van der Waals surface area contributed by atoms with Crippen LogP contribution in [0.25, 0.3) is 5.70 Å². The normalized spacial score (nSPS) is 10.9. The van der Waals surface area contributed by atoms with Crippen molar-refractivity contribution in [3.63, 3.8) is 0 Å². The van der Waals surface area contributed by atoms with Crippen molar-refractivity contribution in [2.24, 2.45) is 4.99 Å². The van der Waals surface area contributed by atoms with Gasteiger partial charge in [0.25, 0.3) is 0 Å². The first-order chi connectivity index (χ1) is 13.4. The Morgan fingerprint density at radius 1 is 1.18 bits per heavy atom. The molecule has 5 heteroatoms. The topological polar surface area (TPSA) is 47.9 Å². The summed E-state index contributed by atoms with van der Waals surface area (Å²) in [4.78, 5) is 6.36. The van der Waals surface area contributed by atoms with E-state index in [1.165, 1.54) is 25.7 Å². The van der Waals surface area contributed by atoms with Crippen LogP contribution in [0.15, 0.2) is 48.0 Å². The van der Waals surface area contributed by atoms with Crippen LogP contribution in [0.3, 0.4) is 0 Å². The molecule has 28 heavy (non-hydrogen) atoms. The molecule has 0 spiro atoms. The molecule has 0 unspecified atom stereocenters. The number of nitrogens with one attached hydrogen (secondary N) is 1. The van der Waals surface area contributed by atoms with Crippen LogP contribution in [-0.4, -0.2) is 30.3 Å². The Labute approximate surface area is 182 Å². The number of halogens is 1. The van der Waals surface area contributed by atoms with Crippen molar-refractivity contribution >= 4 is 46.4 Å². The van der Waals surface area contributed by atoms with Gasteiger partial charge in [-0.05, 0) is 85.7 Å². The lowest BCUT2D eigenvalue weighted by Gasteiger charge is -2.19. The average molecular weight is 491 g/mol. The van der Waals surface area contributed by atoms with E-state index in [9.17, 15) is 5.11 Å². The highest BCUT2D eigenvalue weighted by molar-refractivity contribution is 14.1. The van der Waals surface area contributed by atoms with Crippen molar-refractivity contribution in [3.05, 3.63) is 57.7 Å². The molecule has 0 heterocycles. The van der Waals surface area contributed by atoms with Gasteiger partial charge in [0.15, 0.2) is 0 Å². The van der Waals surface area contributed by atoms with Crippen LogP contribution in [0.5, 0.6) is 5.75 Å². The van der Waals surface area contributed by atoms with Crippen molar-refractivity contribution in [1.82, 2.24) is 4.90 Å². The molecule has 4 nitrogen and oxygen atoms in total. The maximum absolute atomic E-state index is 10.3. The fraction of sp³-hybridized carbons (Fsp3) is 0.348. The monoisotopic (exact) mass is 491 g/mol. The third-order valence-electron chi connectivity index (χ3n) is 4.66. The lowest BCUT2D eigenvalue weighted by molar-refractivity contribution is 0.311. The lowest BCUT2D eigenvalue weighted by Crippen LogP contribution is -2.19. The predicted octanol–water partition coefficient (Wildman–Crippen LogP) is 6.42. The number of aliphatic imine (C=N–C) groups is 1. The Balaban J connectivity index is 2.06. The summed E-state index contributed by atoms with van der Waals surface area (Å²) in [5.74, 6) is 0.319. The summed E-state index contributed by atoms with van der Waals surface area (Å²) in [5, 5.41) is 13.6. The van der Waals surface area contributed by atoms with E-state index in [1.54, 1.807) is 6.07 Å². The van der Waals surface area contributed by atoms with Gasteiger partial charge in [0.2, 0.25) is 0 Å². The zero-order valence-corrected chi connectivity index (χ0v) is 19.0. The van der Waals surface area contributed by atoms with Gasteiger partial charge in [-0.1, -0.05) is 32.8 Å². The third-order valence-corrected chi connectivity index (χ3v) is 5.33. The van der Waals surface area contributed by atoms with Crippen LogP contribution in [0, 0.1) is 3.57 Å². The molecular weight excluding hydrogens is 461 g/mol. The van der Waals surface area contributed by atoms with Gasteiger partial charge in [-0.25, -0.2) is 0 Å². The smallest absolute Gasteiger partial charge is 0.120 e. The minimum atomic E-state index is 0.319. The summed E-state index contributed by atoms with van der Waals surface area (Å²) in [7, 11) is 2.10. The molecular formula is C23H30IN3O. The molecule has 0 saturated carbocycles. The molecule has 0 aliphatic heterocycles. The number of phenols is 1. The zero-order valence-electron chi connectivity index (χ0n) is 16.8. The van der Waals surface area contributed by atoms with Crippen LogP contribution in [0.1, 0.15) is 43.7 Å². The van der Waals surface area contributed by atoms with Gasteiger partial charge in [-0.3, -0.25) is 4.99 Å². The van der Waals surface area contributed by atoms with E-state index in [0.29, 0.717) is 12.3 Å². The molecule has 2 aromatic carbocycles. The van der Waals surface area contributed by atoms with E-state index in [2.05, 4.69) is 65.1 Å². The van der Waals surface area contributed by atoms with Crippen molar-refractivity contribution in [1.29, 1.82) is 0 Å². The SMILES string of the molecule is C=Nc1cc(I)ccc1C(=C)Nc1ccc(O)c(CN(C)CCCCCC)c1. The first kappa shape index (κ1) is 22.4. The molecule has 2 N–H and O–H groups in total. The maximum Gasteiger partial charge on any atom is 0.120 e. The van der Waals surface area contributed by atoms with E-state index in [-0.39, 0.29) is 0 Å². The van der Waals surface area contributed by atoms with Crippen LogP contribution >= 0.6 is 22.6 Å². The van der Waals surface area contributed by atoms with Crippen molar-refractivity contribution in [2.75, 3.05) is 18.9 Å². The fourth-order valence-corrected chi connectivity index (χ4v) is 3.58. The first-order valence-corrected chi connectivity index (χ1v) is 10.8. The molecule has 0 atom stereocenters. The number of hydrogen-bond donors (Lipinski definition) is 2. The summed E-state index contributed by atoms with van der Waals surface area (Å²) < 4.78 is 1.10. The number of rotatable bonds is 11. The molecule has 0 saturated heterocycles. The highest BCUT2D eigenvalue weighted by Crippen LogP contribution is 2.30. The first-order valence-electron chi connectivity index (χ1n) is 9.67. The summed E-state index contributed by atoms with van der Waals surface area (Å²) in [6.07, 6.45) is 4.96. The largest absolute Gasteiger partial charge is 0.508 e. The number of unbranched alkanes of at least 4 members (excludes halogenated alkanes) is 3. The molecule has 2 rings (SSSR count). The lowest BCUT2D eigenvalue weighted by atomic mass is 10.1. The van der Waals surface area contributed by atoms with E-state index in [1.807, 2.05) is 30.3 Å². The van der Waals surface area contributed by atoms with E-state index >= 15 is 0 Å². The fourth-order valence-electron chi connectivity index (χ4n) is 3.10. The molecule has 0 radical (unpaired) electrons. The molecule has 0 bridgehead atoms. The van der Waals surface area contributed by atoms with E-state index < -0.39 is 0 Å². The second kappa shape index (κ2) is 11.2. The Hall–Kier alpha value is -1.86. The van der Waals surface area contributed by atoms with Crippen molar-refractivity contribution in [2.45, 2.75) is 39.2 Å². The third kappa shape index (κ3) is 6.63. The number of benzene rings is 2. The number of aromatic hydroxyl groups is 1. The zero-order chi connectivity index (χ0) is 20.5. The molecule has 0 fully saturated rings. The summed E-state index contributed by atoms with van der Waals surface area (Å²) >= 11 is 2.25. The van der Waals surface area contributed by atoms with Crippen LogP contribution < -0.4 is 5.32 Å². The van der Waals surface area contributed by atoms with Gasteiger partial charge in [0, 0.05) is 32.6 Å². The minimum absolute atomic E-state index is 0.319. The van der Waals surface area contributed by atoms with Gasteiger partial charge in [0.1, 0.15) is 5.75 Å². The average Bonchev–Trinajstić information content (AvgIpc) is 2.67. The number of hydrogen-bond acceptors (Lipinski definition) is 4. The van der Waals surface area contributed by atoms with Crippen LogP contribution in [0.2, 0.25) is 0 Å². The Kier molecular flexibility index (Phi) is 8.99. The van der Waals surface area contributed by atoms with Crippen LogP contribution in [-0.2, 0) is 6.54 Å². The molecule has 0 aliphatic rings. The molecule has 150 valence electrons. The van der Waals surface area contributed by atoms with Gasteiger partial charge in [0.05, 0.1) is 5.69 Å². The van der Waals surface area contributed by atoms with Gasteiger partial charge in [-0.15, -0.1) is 0 Å². The molecule has 2 aromatic rings. The van der Waals surface area contributed by atoms with Gasteiger partial charge >= 0.3 is 0 Å². The Bertz CT molecular complexity index is 819. The highest BCUT2D eigenvalue weighted by atomic mass is 127. The predicted molar refractivity (Wildman–Crippen MR) is 130 cm³/mol. The maximum atomic E-state index is 10.3. The molecule has 0 aliphatic carbocycles. The Morgan fingerprint density at radius 3 is 2.68 bits per heavy atom. The van der Waals surface area contributed by atoms with Crippen LogP contribution in [0.4, 0.5) is 11.4 Å². The summed E-state index contributed by atoms with van der Waals surface area (Å²) in [6.45, 7) is 11.8. The number of phenolic OH excluding ortho intramolecular Hbond substituents is 1. The number of anilines is 1. The number of nitrogens with zero attached hydrogens (tertiary/aromatic N) is 2. The van der Waals surface area contributed by atoms with E-state index in [0.717, 1.165) is 38.3 Å². The molecule has 0 amide bonds. The summed E-state index contributed by atoms with van der Waals surface area (Å²) in [5.41, 5.74) is 4.27. The van der Waals surface area contributed by atoms with Crippen molar-refractivity contribution < 1.29 is 5.11 Å². The van der Waals surface area contributed by atoms with E-state index in [4.69, 9.17) is 0 Å². The summed E-state index contributed by atoms with van der Waals surface area (Å²) in [6, 6.07) is 11.6. The highest BCUT2D eigenvalue weighted by Gasteiger charge is 2.10. The second-order valence-electron chi connectivity index (χ2n) is 7.07. The standard InChI is InChI=1S/C23H30IN3O/c1-5-6-7-8-13-27(4)16-18-14-20(10-12-23(18)28)26-17(2)21-11-9-19(24)15-22(21)25-3/h9-12,14-15,26,28H,2-3,5-8,13,16H2,1,4H3. The second-order valence-corrected chi connectivity index (χ2v) is 8.31. The molecule has 0 aromatic heterocycles. The van der Waals surface area contributed by atoms with Gasteiger partial charge in [-0.2, -0.15) is 0 Å². The quantitative estimate of drug-likeness (QED) is 0.165. The van der Waals surface area contributed by atoms with Gasteiger partial charge < -0.3 is 15.3 Å².